The standard InChI is InChI=1S/C28H28BrN3O3/c1-18-12-13-23(16-19(18)2)32-26(30-25-11-6-5-10-24(25)28(32)34)20(3)31(14-15-35-4)27(33)21-8-7-9-22(29)17-21/h5-13,16-17,20H,14-15H2,1-4H3. The molecule has 0 fully saturated rings. The number of carbonyl (C=O) groups is 1. The number of aryl methyl sites for hydroxylation is 2. The van der Waals surface area contributed by atoms with E-state index in [0.29, 0.717) is 35.4 Å². The van der Waals surface area contributed by atoms with Gasteiger partial charge in [-0.3, -0.25) is 14.2 Å². The van der Waals surface area contributed by atoms with Gasteiger partial charge in [0.25, 0.3) is 11.5 Å². The van der Waals surface area contributed by atoms with Crippen LogP contribution in [0, 0.1) is 13.8 Å². The maximum absolute atomic E-state index is 13.8. The molecule has 0 saturated carbocycles. The summed E-state index contributed by atoms with van der Waals surface area (Å²) in [6, 6.07) is 20.0. The van der Waals surface area contributed by atoms with Gasteiger partial charge in [-0.2, -0.15) is 0 Å². The van der Waals surface area contributed by atoms with Crippen LogP contribution in [0.5, 0.6) is 0 Å². The number of rotatable bonds is 7. The minimum absolute atomic E-state index is 0.162. The van der Waals surface area contributed by atoms with E-state index >= 15 is 0 Å². The maximum Gasteiger partial charge on any atom is 0.266 e. The molecule has 1 heterocycles. The quantitative estimate of drug-likeness (QED) is 0.309. The number of carbonyl (C=O) groups excluding carboxylic acids is 1. The van der Waals surface area contributed by atoms with E-state index in [1.54, 1.807) is 34.8 Å². The van der Waals surface area contributed by atoms with E-state index in [0.717, 1.165) is 21.3 Å². The number of methoxy groups -OCH3 is 1. The van der Waals surface area contributed by atoms with Crippen molar-refractivity contribution in [2.45, 2.75) is 26.8 Å². The van der Waals surface area contributed by atoms with E-state index in [1.807, 2.05) is 69.3 Å². The maximum atomic E-state index is 13.8. The molecule has 0 bridgehead atoms. The van der Waals surface area contributed by atoms with Crippen LogP contribution in [0.3, 0.4) is 0 Å². The van der Waals surface area contributed by atoms with Crippen molar-refractivity contribution in [3.8, 4) is 5.69 Å². The molecule has 0 saturated heterocycles. The second-order valence-corrected chi connectivity index (χ2v) is 9.49. The fourth-order valence-corrected chi connectivity index (χ4v) is 4.53. The van der Waals surface area contributed by atoms with Crippen molar-refractivity contribution in [3.05, 3.63) is 104 Å². The summed E-state index contributed by atoms with van der Waals surface area (Å²) in [6.45, 7) is 6.65. The molecule has 1 aromatic heterocycles. The average molecular weight is 534 g/mol. The summed E-state index contributed by atoms with van der Waals surface area (Å²) in [5.74, 6) is 0.335. The highest BCUT2D eigenvalue weighted by molar-refractivity contribution is 9.10. The zero-order chi connectivity index (χ0) is 25.1. The lowest BCUT2D eigenvalue weighted by molar-refractivity contribution is 0.0605. The van der Waals surface area contributed by atoms with E-state index in [9.17, 15) is 9.59 Å². The van der Waals surface area contributed by atoms with Crippen LogP contribution in [-0.4, -0.2) is 40.6 Å². The SMILES string of the molecule is COCCN(C(=O)c1cccc(Br)c1)C(C)c1nc2ccccc2c(=O)n1-c1ccc(C)c(C)c1. The van der Waals surface area contributed by atoms with Gasteiger partial charge in [-0.15, -0.1) is 0 Å². The first-order valence-electron chi connectivity index (χ1n) is 11.5. The van der Waals surface area contributed by atoms with Crippen molar-refractivity contribution in [2.75, 3.05) is 20.3 Å². The van der Waals surface area contributed by atoms with Gasteiger partial charge in [0.05, 0.1) is 29.2 Å². The van der Waals surface area contributed by atoms with Gasteiger partial charge in [-0.25, -0.2) is 4.98 Å². The molecule has 4 rings (SSSR count). The highest BCUT2D eigenvalue weighted by atomic mass is 79.9. The van der Waals surface area contributed by atoms with Gasteiger partial charge in [0.15, 0.2) is 0 Å². The predicted octanol–water partition coefficient (Wildman–Crippen LogP) is 5.61. The number of nitrogens with zero attached hydrogens (tertiary/aromatic N) is 3. The van der Waals surface area contributed by atoms with Crippen molar-refractivity contribution in [1.29, 1.82) is 0 Å². The number of halogens is 1. The zero-order valence-electron chi connectivity index (χ0n) is 20.3. The first-order valence-corrected chi connectivity index (χ1v) is 12.3. The Balaban J connectivity index is 1.92. The van der Waals surface area contributed by atoms with Crippen LogP contribution in [0.25, 0.3) is 16.6 Å². The Kier molecular flexibility index (Phi) is 7.48. The molecule has 3 aromatic carbocycles. The van der Waals surface area contributed by atoms with Crippen LogP contribution in [0.1, 0.15) is 40.3 Å². The van der Waals surface area contributed by atoms with E-state index in [-0.39, 0.29) is 11.5 Å². The first kappa shape index (κ1) is 24.8. The van der Waals surface area contributed by atoms with Crippen molar-refractivity contribution in [2.24, 2.45) is 0 Å². The summed E-state index contributed by atoms with van der Waals surface area (Å²) in [4.78, 5) is 34.0. The number of hydrogen-bond donors (Lipinski definition) is 0. The lowest BCUT2D eigenvalue weighted by Gasteiger charge is -2.30. The molecule has 1 amide bonds. The van der Waals surface area contributed by atoms with E-state index in [1.165, 1.54) is 0 Å². The molecule has 0 aliphatic heterocycles. The van der Waals surface area contributed by atoms with Crippen LogP contribution < -0.4 is 5.56 Å². The summed E-state index contributed by atoms with van der Waals surface area (Å²) in [6.07, 6.45) is 0. The van der Waals surface area contributed by atoms with E-state index in [4.69, 9.17) is 9.72 Å². The fraction of sp³-hybridized carbons (Fsp3) is 0.250. The summed E-state index contributed by atoms with van der Waals surface area (Å²) in [5, 5.41) is 0.531. The third-order valence-corrected chi connectivity index (χ3v) is 6.75. The largest absolute Gasteiger partial charge is 0.383 e. The third kappa shape index (κ3) is 5.06. The Bertz CT molecular complexity index is 1450. The molecule has 0 aliphatic carbocycles. The number of benzene rings is 3. The second kappa shape index (κ2) is 10.5. The van der Waals surface area contributed by atoms with Gasteiger partial charge in [-0.1, -0.05) is 40.2 Å². The third-order valence-electron chi connectivity index (χ3n) is 6.26. The normalized spacial score (nSPS) is 12.0. The van der Waals surface area contributed by atoms with Crippen molar-refractivity contribution in [3.63, 3.8) is 0 Å². The lowest BCUT2D eigenvalue weighted by atomic mass is 10.1. The zero-order valence-corrected chi connectivity index (χ0v) is 21.9. The van der Waals surface area contributed by atoms with Gasteiger partial charge in [0.2, 0.25) is 0 Å². The predicted molar refractivity (Wildman–Crippen MR) is 142 cm³/mol. The molecule has 180 valence electrons. The monoisotopic (exact) mass is 533 g/mol. The van der Waals surface area contributed by atoms with Crippen LogP contribution in [0.4, 0.5) is 0 Å². The first-order chi connectivity index (χ1) is 16.8. The topological polar surface area (TPSA) is 64.4 Å². The molecule has 0 spiro atoms. The van der Waals surface area contributed by atoms with Crippen LogP contribution in [0.15, 0.2) is 76.0 Å². The number of aromatic nitrogens is 2. The molecule has 6 nitrogen and oxygen atoms in total. The molecule has 0 N–H and O–H groups in total. The van der Waals surface area contributed by atoms with Gasteiger partial charge in [0.1, 0.15) is 5.82 Å². The summed E-state index contributed by atoms with van der Waals surface area (Å²) in [5.41, 5.74) is 3.91. The molecule has 35 heavy (non-hydrogen) atoms. The van der Waals surface area contributed by atoms with Gasteiger partial charge in [-0.05, 0) is 74.4 Å². The van der Waals surface area contributed by atoms with Crippen molar-refractivity contribution < 1.29 is 9.53 Å². The fourth-order valence-electron chi connectivity index (χ4n) is 4.13. The Hall–Kier alpha value is -3.29. The molecule has 7 heteroatoms. The van der Waals surface area contributed by atoms with Crippen molar-refractivity contribution >= 4 is 32.7 Å². The molecule has 1 atom stereocenters. The number of fused-ring (bicyclic) bond motifs is 1. The smallest absolute Gasteiger partial charge is 0.266 e. The Morgan fingerprint density at radius 2 is 1.83 bits per heavy atom. The highest BCUT2D eigenvalue weighted by Crippen LogP contribution is 2.26. The average Bonchev–Trinajstić information content (AvgIpc) is 2.85. The van der Waals surface area contributed by atoms with Crippen LogP contribution in [0.2, 0.25) is 0 Å². The van der Waals surface area contributed by atoms with Crippen molar-refractivity contribution in [1.82, 2.24) is 14.5 Å². The summed E-state index contributed by atoms with van der Waals surface area (Å²) in [7, 11) is 1.60. The Morgan fingerprint density at radius 3 is 2.54 bits per heavy atom. The minimum atomic E-state index is -0.504. The number of para-hydroxylation sites is 1. The van der Waals surface area contributed by atoms with Gasteiger partial charge in [0, 0.05) is 23.7 Å². The molecule has 4 aromatic rings. The number of hydrogen-bond acceptors (Lipinski definition) is 4. The second-order valence-electron chi connectivity index (χ2n) is 8.57. The Labute approximate surface area is 213 Å². The summed E-state index contributed by atoms with van der Waals surface area (Å²) >= 11 is 3.45. The van der Waals surface area contributed by atoms with Gasteiger partial charge < -0.3 is 9.64 Å². The Morgan fingerprint density at radius 1 is 1.06 bits per heavy atom. The minimum Gasteiger partial charge on any atom is -0.383 e. The molecule has 1 unspecified atom stereocenters. The lowest BCUT2D eigenvalue weighted by Crippen LogP contribution is -2.39. The number of amides is 1. The molecular formula is C28H28BrN3O3. The highest BCUT2D eigenvalue weighted by Gasteiger charge is 2.27. The van der Waals surface area contributed by atoms with E-state index < -0.39 is 6.04 Å². The number of ether oxygens (including phenoxy) is 1. The van der Waals surface area contributed by atoms with Crippen LogP contribution in [-0.2, 0) is 4.74 Å². The molecule has 0 radical (unpaired) electrons. The van der Waals surface area contributed by atoms with E-state index in [2.05, 4.69) is 15.9 Å². The molecular weight excluding hydrogens is 506 g/mol. The molecule has 0 aliphatic rings. The summed E-state index contributed by atoms with van der Waals surface area (Å²) < 4.78 is 7.76. The van der Waals surface area contributed by atoms with Crippen LogP contribution >= 0.6 is 15.9 Å². The van der Waals surface area contributed by atoms with Gasteiger partial charge >= 0.3 is 0 Å².